The first kappa shape index (κ1) is 11.3. The van der Waals surface area contributed by atoms with E-state index >= 15 is 0 Å². The minimum Gasteiger partial charge on any atom is -0.383 e. The number of anilines is 1. The lowest BCUT2D eigenvalue weighted by molar-refractivity contribution is 0.897. The quantitative estimate of drug-likeness (QED) is 0.786. The highest BCUT2D eigenvalue weighted by Crippen LogP contribution is 2.26. The first-order valence-electron chi connectivity index (χ1n) is 4.23. The molecule has 0 aromatic heterocycles. The largest absolute Gasteiger partial charge is 0.383 e. The molecule has 0 aliphatic carbocycles. The van der Waals surface area contributed by atoms with Gasteiger partial charge in [0.05, 0.1) is 0 Å². The smallest absolute Gasteiger partial charge is 0.0383 e. The molecule has 0 radical (unpaired) electrons. The number of nitrogens with one attached hydrogen (secondary N) is 1. The molecule has 1 N–H and O–H groups in total. The Kier molecular flexibility index (Phi) is 4.04. The summed E-state index contributed by atoms with van der Waals surface area (Å²) in [6.07, 6.45) is 0. The second-order valence-electron chi connectivity index (χ2n) is 3.38. The summed E-state index contributed by atoms with van der Waals surface area (Å²) >= 11 is 5.85. The van der Waals surface area contributed by atoms with Crippen molar-refractivity contribution in [3.8, 4) is 0 Å². The maximum atomic E-state index is 3.52. The molecule has 0 bridgehead atoms. The summed E-state index contributed by atoms with van der Waals surface area (Å²) in [4.78, 5) is 0. The highest BCUT2D eigenvalue weighted by atomic mass is 127. The molecule has 0 heterocycles. The van der Waals surface area contributed by atoms with Crippen molar-refractivity contribution in [2.75, 3.05) is 5.32 Å². The van der Waals surface area contributed by atoms with E-state index < -0.39 is 0 Å². The molecule has 1 aromatic carbocycles. The number of halogens is 2. The molecule has 0 fully saturated rings. The van der Waals surface area contributed by atoms with Crippen LogP contribution >= 0.6 is 38.5 Å². The van der Waals surface area contributed by atoms with E-state index in [2.05, 4.69) is 76.7 Å². The van der Waals surface area contributed by atoms with Crippen LogP contribution in [-0.4, -0.2) is 6.04 Å². The number of aryl methyl sites for hydroxylation is 1. The molecule has 0 unspecified atom stereocenters. The van der Waals surface area contributed by atoms with Crippen molar-refractivity contribution in [2.24, 2.45) is 0 Å². The van der Waals surface area contributed by atoms with Crippen molar-refractivity contribution in [3.63, 3.8) is 0 Å². The molecule has 0 spiro atoms. The third kappa shape index (κ3) is 3.13. The molecule has 0 amide bonds. The first-order valence-corrected chi connectivity index (χ1v) is 6.10. The molecule has 1 rings (SSSR count). The summed E-state index contributed by atoms with van der Waals surface area (Å²) < 4.78 is 2.41. The predicted molar refractivity (Wildman–Crippen MR) is 70.4 cm³/mol. The van der Waals surface area contributed by atoms with Gasteiger partial charge in [0.2, 0.25) is 0 Å². The second-order valence-corrected chi connectivity index (χ2v) is 5.40. The van der Waals surface area contributed by atoms with Crippen LogP contribution in [0.3, 0.4) is 0 Å². The fourth-order valence-electron chi connectivity index (χ4n) is 1.11. The van der Waals surface area contributed by atoms with Crippen molar-refractivity contribution in [3.05, 3.63) is 25.7 Å². The standard InChI is InChI=1S/C10H13BrIN/c1-6(2)13-10-5-8(11)9(12)4-7(10)3/h4-6,13H,1-3H3. The minimum absolute atomic E-state index is 0.477. The third-order valence-corrected chi connectivity index (χ3v) is 4.00. The molecule has 1 aromatic rings. The minimum atomic E-state index is 0.477. The van der Waals surface area contributed by atoms with Gasteiger partial charge in [-0.2, -0.15) is 0 Å². The van der Waals surface area contributed by atoms with Crippen LogP contribution in [0.25, 0.3) is 0 Å². The number of benzene rings is 1. The van der Waals surface area contributed by atoms with Crippen molar-refractivity contribution in [1.82, 2.24) is 0 Å². The molecule has 0 saturated heterocycles. The third-order valence-electron chi connectivity index (χ3n) is 1.71. The molecule has 3 heteroatoms. The Morgan fingerprint density at radius 2 is 2.00 bits per heavy atom. The molecule has 72 valence electrons. The van der Waals surface area contributed by atoms with E-state index in [9.17, 15) is 0 Å². The van der Waals surface area contributed by atoms with Gasteiger partial charge in [-0.1, -0.05) is 0 Å². The zero-order valence-electron chi connectivity index (χ0n) is 7.99. The number of rotatable bonds is 2. The van der Waals surface area contributed by atoms with Crippen LogP contribution in [-0.2, 0) is 0 Å². The van der Waals surface area contributed by atoms with Gasteiger partial charge in [0, 0.05) is 19.8 Å². The lowest BCUT2D eigenvalue weighted by Crippen LogP contribution is -2.10. The van der Waals surface area contributed by atoms with E-state index in [4.69, 9.17) is 0 Å². The molecule has 0 aliphatic rings. The average Bonchev–Trinajstić information content (AvgIpc) is 1.99. The van der Waals surface area contributed by atoms with Crippen molar-refractivity contribution in [1.29, 1.82) is 0 Å². The summed E-state index contributed by atoms with van der Waals surface area (Å²) in [6, 6.07) is 4.79. The van der Waals surface area contributed by atoms with E-state index in [-0.39, 0.29) is 0 Å². The van der Waals surface area contributed by atoms with Crippen LogP contribution in [0.2, 0.25) is 0 Å². The molecule has 0 atom stereocenters. The normalized spacial score (nSPS) is 10.6. The summed E-state index contributed by atoms with van der Waals surface area (Å²) in [5, 5.41) is 3.41. The molecular formula is C10H13BrIN. The fourth-order valence-corrected chi connectivity index (χ4v) is 2.08. The van der Waals surface area contributed by atoms with E-state index in [0.717, 1.165) is 4.47 Å². The van der Waals surface area contributed by atoms with Crippen molar-refractivity contribution < 1.29 is 0 Å². The van der Waals surface area contributed by atoms with Gasteiger partial charge in [0.15, 0.2) is 0 Å². The van der Waals surface area contributed by atoms with Gasteiger partial charge in [0.25, 0.3) is 0 Å². The summed E-state index contributed by atoms with van der Waals surface area (Å²) in [5.41, 5.74) is 2.50. The molecule has 0 saturated carbocycles. The molecular weight excluding hydrogens is 341 g/mol. The Labute approximate surface area is 102 Å². The monoisotopic (exact) mass is 353 g/mol. The topological polar surface area (TPSA) is 12.0 Å². The highest BCUT2D eigenvalue weighted by Gasteiger charge is 2.03. The van der Waals surface area contributed by atoms with Crippen LogP contribution < -0.4 is 5.32 Å². The van der Waals surface area contributed by atoms with E-state index in [1.165, 1.54) is 14.8 Å². The van der Waals surface area contributed by atoms with Crippen LogP contribution in [0.5, 0.6) is 0 Å². The van der Waals surface area contributed by atoms with Gasteiger partial charge < -0.3 is 5.32 Å². The highest BCUT2D eigenvalue weighted by molar-refractivity contribution is 14.1. The molecule has 0 aliphatic heterocycles. The fraction of sp³-hybridized carbons (Fsp3) is 0.400. The van der Waals surface area contributed by atoms with Crippen molar-refractivity contribution in [2.45, 2.75) is 26.8 Å². The van der Waals surface area contributed by atoms with Gasteiger partial charge in [-0.15, -0.1) is 0 Å². The number of hydrogen-bond donors (Lipinski definition) is 1. The zero-order chi connectivity index (χ0) is 10.0. The van der Waals surface area contributed by atoms with Crippen LogP contribution in [0, 0.1) is 10.5 Å². The summed E-state index contributed by atoms with van der Waals surface area (Å²) in [7, 11) is 0. The Morgan fingerprint density at radius 3 is 2.54 bits per heavy atom. The summed E-state index contributed by atoms with van der Waals surface area (Å²) in [6.45, 7) is 6.41. The molecule has 1 nitrogen and oxygen atoms in total. The SMILES string of the molecule is Cc1cc(I)c(Br)cc1NC(C)C. The maximum absolute atomic E-state index is 3.52. The van der Waals surface area contributed by atoms with Gasteiger partial charge in [-0.3, -0.25) is 0 Å². The molecule has 13 heavy (non-hydrogen) atoms. The average molecular weight is 354 g/mol. The zero-order valence-corrected chi connectivity index (χ0v) is 11.7. The Balaban J connectivity index is 3.01. The second kappa shape index (κ2) is 4.64. The Hall–Kier alpha value is 0.230. The van der Waals surface area contributed by atoms with Crippen LogP contribution in [0.15, 0.2) is 16.6 Å². The predicted octanol–water partition coefficient (Wildman–Crippen LogP) is 4.18. The lowest BCUT2D eigenvalue weighted by Gasteiger charge is -2.13. The van der Waals surface area contributed by atoms with E-state index in [1.54, 1.807) is 0 Å². The van der Waals surface area contributed by atoms with Gasteiger partial charge in [0.1, 0.15) is 0 Å². The maximum Gasteiger partial charge on any atom is 0.0383 e. The van der Waals surface area contributed by atoms with Gasteiger partial charge in [-0.25, -0.2) is 0 Å². The van der Waals surface area contributed by atoms with Crippen LogP contribution in [0.4, 0.5) is 5.69 Å². The van der Waals surface area contributed by atoms with Gasteiger partial charge in [-0.05, 0) is 77.0 Å². The van der Waals surface area contributed by atoms with Crippen LogP contribution in [0.1, 0.15) is 19.4 Å². The Morgan fingerprint density at radius 1 is 1.38 bits per heavy atom. The number of hydrogen-bond acceptors (Lipinski definition) is 1. The van der Waals surface area contributed by atoms with Crippen molar-refractivity contribution >= 4 is 44.2 Å². The first-order chi connectivity index (χ1) is 6.00. The summed E-state index contributed by atoms with van der Waals surface area (Å²) in [5.74, 6) is 0. The van der Waals surface area contributed by atoms with Gasteiger partial charge >= 0.3 is 0 Å². The van der Waals surface area contributed by atoms with E-state index in [0.29, 0.717) is 6.04 Å². The Bertz CT molecular complexity index is 310. The van der Waals surface area contributed by atoms with E-state index in [1.807, 2.05) is 0 Å². The lowest BCUT2D eigenvalue weighted by atomic mass is 10.2.